The first-order chi connectivity index (χ1) is 9.79. The first kappa shape index (κ1) is 12.5. The molecule has 0 bridgehead atoms. The molecule has 0 saturated heterocycles. The summed E-state index contributed by atoms with van der Waals surface area (Å²) in [6, 6.07) is 17.5. The molecular weight excluding hydrogens is 250 g/mol. The molecule has 1 saturated carbocycles. The summed E-state index contributed by atoms with van der Waals surface area (Å²) in [5.74, 6) is 0. The Balaban J connectivity index is 1.55. The van der Waals surface area contributed by atoms with Gasteiger partial charge in [-0.25, -0.2) is 4.79 Å². The number of hydrogen-bond acceptors (Lipinski definition) is 2. The summed E-state index contributed by atoms with van der Waals surface area (Å²) in [4.78, 5) is 11.8. The Bertz CT molecular complexity index is 576. The van der Waals surface area contributed by atoms with Crippen LogP contribution >= 0.6 is 0 Å². The van der Waals surface area contributed by atoms with Gasteiger partial charge in [-0.3, -0.25) is 0 Å². The number of benzene rings is 2. The number of para-hydroxylation sites is 1. The molecule has 2 aromatic rings. The molecule has 4 nitrogen and oxygen atoms in total. The van der Waals surface area contributed by atoms with E-state index in [0.29, 0.717) is 6.04 Å². The molecule has 3 N–H and O–H groups in total. The van der Waals surface area contributed by atoms with Crippen LogP contribution in [0.2, 0.25) is 0 Å². The molecule has 20 heavy (non-hydrogen) atoms. The van der Waals surface area contributed by atoms with Gasteiger partial charge in [0.05, 0.1) is 0 Å². The smallest absolute Gasteiger partial charge is 0.323 e. The van der Waals surface area contributed by atoms with Crippen LogP contribution in [0, 0.1) is 0 Å². The van der Waals surface area contributed by atoms with Crippen molar-refractivity contribution in [1.82, 2.24) is 0 Å². The number of hydrogen-bond donors (Lipinski definition) is 3. The van der Waals surface area contributed by atoms with Crippen LogP contribution in [-0.4, -0.2) is 12.1 Å². The van der Waals surface area contributed by atoms with E-state index in [-0.39, 0.29) is 6.03 Å². The van der Waals surface area contributed by atoms with Gasteiger partial charge in [-0.15, -0.1) is 0 Å². The number of anilines is 3. The zero-order chi connectivity index (χ0) is 13.8. The molecule has 1 fully saturated rings. The van der Waals surface area contributed by atoms with E-state index < -0.39 is 0 Å². The normalized spacial score (nSPS) is 13.6. The van der Waals surface area contributed by atoms with Gasteiger partial charge in [0.2, 0.25) is 0 Å². The van der Waals surface area contributed by atoms with Gasteiger partial charge in [0.15, 0.2) is 0 Å². The second-order valence-electron chi connectivity index (χ2n) is 4.94. The number of rotatable bonds is 4. The molecule has 2 aromatic carbocycles. The van der Waals surface area contributed by atoms with Crippen molar-refractivity contribution in [2.24, 2.45) is 0 Å². The molecule has 3 rings (SSSR count). The molecule has 102 valence electrons. The van der Waals surface area contributed by atoms with E-state index in [1.54, 1.807) is 0 Å². The predicted octanol–water partition coefficient (Wildman–Crippen LogP) is 3.90. The lowest BCUT2D eigenvalue weighted by Gasteiger charge is -2.09. The Morgan fingerprint density at radius 3 is 1.95 bits per heavy atom. The maximum absolute atomic E-state index is 11.8. The third-order valence-electron chi connectivity index (χ3n) is 3.12. The van der Waals surface area contributed by atoms with Gasteiger partial charge < -0.3 is 16.0 Å². The largest absolute Gasteiger partial charge is 0.382 e. The zero-order valence-electron chi connectivity index (χ0n) is 11.1. The molecule has 0 aliphatic heterocycles. The minimum atomic E-state index is -0.237. The highest BCUT2D eigenvalue weighted by Crippen LogP contribution is 2.25. The third kappa shape index (κ3) is 3.51. The number of amides is 2. The maximum atomic E-state index is 11.8. The standard InChI is InChI=1S/C16H17N3O/c20-16(18-12-4-2-1-3-5-12)19-15-10-8-14(9-11-15)17-13-6-7-13/h1-5,8-11,13,17H,6-7H2,(H2,18,19,20). The lowest BCUT2D eigenvalue weighted by molar-refractivity contribution is 0.262. The van der Waals surface area contributed by atoms with Crippen LogP contribution in [0.15, 0.2) is 54.6 Å². The van der Waals surface area contributed by atoms with Gasteiger partial charge in [0.25, 0.3) is 0 Å². The lowest BCUT2D eigenvalue weighted by Crippen LogP contribution is -2.19. The van der Waals surface area contributed by atoms with E-state index in [0.717, 1.165) is 17.1 Å². The molecule has 1 aliphatic carbocycles. The lowest BCUT2D eigenvalue weighted by atomic mass is 10.3. The van der Waals surface area contributed by atoms with Crippen LogP contribution < -0.4 is 16.0 Å². The first-order valence-corrected chi connectivity index (χ1v) is 6.79. The second-order valence-corrected chi connectivity index (χ2v) is 4.94. The fourth-order valence-electron chi connectivity index (χ4n) is 1.93. The van der Waals surface area contributed by atoms with Crippen LogP contribution in [0.4, 0.5) is 21.9 Å². The second kappa shape index (κ2) is 5.65. The van der Waals surface area contributed by atoms with Crippen molar-refractivity contribution in [3.8, 4) is 0 Å². The maximum Gasteiger partial charge on any atom is 0.323 e. The summed E-state index contributed by atoms with van der Waals surface area (Å²) >= 11 is 0. The zero-order valence-corrected chi connectivity index (χ0v) is 11.1. The average molecular weight is 267 g/mol. The Labute approximate surface area is 118 Å². The van der Waals surface area contributed by atoms with E-state index >= 15 is 0 Å². The molecule has 4 heteroatoms. The first-order valence-electron chi connectivity index (χ1n) is 6.79. The van der Waals surface area contributed by atoms with E-state index in [1.807, 2.05) is 54.6 Å². The molecule has 0 unspecified atom stereocenters. The molecule has 0 heterocycles. The highest BCUT2D eigenvalue weighted by Gasteiger charge is 2.20. The van der Waals surface area contributed by atoms with Crippen molar-refractivity contribution in [3.63, 3.8) is 0 Å². The molecule has 0 spiro atoms. The molecule has 2 amide bonds. The number of carbonyl (C=O) groups excluding carboxylic acids is 1. The van der Waals surface area contributed by atoms with Crippen molar-refractivity contribution < 1.29 is 4.79 Å². The minimum Gasteiger partial charge on any atom is -0.382 e. The van der Waals surface area contributed by atoms with Gasteiger partial charge in [0.1, 0.15) is 0 Å². The summed E-state index contributed by atoms with van der Waals surface area (Å²) in [6.07, 6.45) is 2.50. The molecule has 1 aliphatic rings. The van der Waals surface area contributed by atoms with Crippen LogP contribution in [0.1, 0.15) is 12.8 Å². The van der Waals surface area contributed by atoms with Gasteiger partial charge in [0, 0.05) is 23.1 Å². The Kier molecular flexibility index (Phi) is 3.54. The van der Waals surface area contributed by atoms with Crippen molar-refractivity contribution in [3.05, 3.63) is 54.6 Å². The summed E-state index contributed by atoms with van der Waals surface area (Å²) in [5.41, 5.74) is 2.65. The fraction of sp³-hybridized carbons (Fsp3) is 0.188. The Hall–Kier alpha value is -2.49. The van der Waals surface area contributed by atoms with Gasteiger partial charge >= 0.3 is 6.03 Å². The van der Waals surface area contributed by atoms with Crippen molar-refractivity contribution in [2.45, 2.75) is 18.9 Å². The number of nitrogens with one attached hydrogen (secondary N) is 3. The Morgan fingerprint density at radius 1 is 0.800 bits per heavy atom. The Morgan fingerprint density at radius 2 is 1.35 bits per heavy atom. The van der Waals surface area contributed by atoms with Gasteiger partial charge in [-0.2, -0.15) is 0 Å². The van der Waals surface area contributed by atoms with E-state index in [4.69, 9.17) is 0 Å². The van der Waals surface area contributed by atoms with Crippen molar-refractivity contribution in [1.29, 1.82) is 0 Å². The highest BCUT2D eigenvalue weighted by atomic mass is 16.2. The fourth-order valence-corrected chi connectivity index (χ4v) is 1.93. The van der Waals surface area contributed by atoms with Crippen LogP contribution in [0.3, 0.4) is 0 Å². The topological polar surface area (TPSA) is 53.2 Å². The van der Waals surface area contributed by atoms with Gasteiger partial charge in [-0.05, 0) is 49.2 Å². The molecular formula is C16H17N3O. The van der Waals surface area contributed by atoms with Crippen molar-refractivity contribution >= 4 is 23.1 Å². The van der Waals surface area contributed by atoms with Gasteiger partial charge in [-0.1, -0.05) is 18.2 Å². The highest BCUT2D eigenvalue weighted by molar-refractivity contribution is 5.99. The minimum absolute atomic E-state index is 0.237. The molecule has 0 radical (unpaired) electrons. The SMILES string of the molecule is O=C(Nc1ccccc1)Nc1ccc(NC2CC2)cc1. The quantitative estimate of drug-likeness (QED) is 0.786. The van der Waals surface area contributed by atoms with Crippen LogP contribution in [0.25, 0.3) is 0 Å². The average Bonchev–Trinajstić information content (AvgIpc) is 3.26. The van der Waals surface area contributed by atoms with Crippen LogP contribution in [0.5, 0.6) is 0 Å². The predicted molar refractivity (Wildman–Crippen MR) is 82.2 cm³/mol. The van der Waals surface area contributed by atoms with E-state index in [9.17, 15) is 4.79 Å². The molecule has 0 atom stereocenters. The summed E-state index contributed by atoms with van der Waals surface area (Å²) < 4.78 is 0. The number of carbonyl (C=O) groups is 1. The van der Waals surface area contributed by atoms with E-state index in [2.05, 4.69) is 16.0 Å². The van der Waals surface area contributed by atoms with E-state index in [1.165, 1.54) is 12.8 Å². The van der Waals surface area contributed by atoms with Crippen LogP contribution in [-0.2, 0) is 0 Å². The summed E-state index contributed by atoms with van der Waals surface area (Å²) in [7, 11) is 0. The monoisotopic (exact) mass is 267 g/mol. The summed E-state index contributed by atoms with van der Waals surface area (Å²) in [6.45, 7) is 0. The summed E-state index contributed by atoms with van der Waals surface area (Å²) in [5, 5.41) is 9.00. The molecule has 0 aromatic heterocycles. The number of urea groups is 1. The third-order valence-corrected chi connectivity index (χ3v) is 3.12. The van der Waals surface area contributed by atoms with Crippen molar-refractivity contribution in [2.75, 3.05) is 16.0 Å².